The Bertz CT molecular complexity index is 1070. The number of rotatable bonds is 6. The van der Waals surface area contributed by atoms with Crippen LogP contribution in [0.5, 0.6) is 11.5 Å². The van der Waals surface area contributed by atoms with E-state index in [4.69, 9.17) is 14.2 Å². The van der Waals surface area contributed by atoms with Gasteiger partial charge in [0.15, 0.2) is 11.5 Å². The van der Waals surface area contributed by atoms with Crippen molar-refractivity contribution in [1.29, 1.82) is 0 Å². The molecule has 1 saturated heterocycles. The smallest absolute Gasteiger partial charge is 0.338 e. The predicted molar refractivity (Wildman–Crippen MR) is 111 cm³/mol. The first-order valence-corrected chi connectivity index (χ1v) is 9.30. The second kappa shape index (κ2) is 9.12. The van der Waals surface area contributed by atoms with E-state index >= 15 is 0 Å². The summed E-state index contributed by atoms with van der Waals surface area (Å²) >= 11 is 0. The number of ether oxygens (including phenoxy) is 3. The number of urea groups is 1. The van der Waals surface area contributed by atoms with Gasteiger partial charge in [0, 0.05) is 0 Å². The van der Waals surface area contributed by atoms with Gasteiger partial charge in [0.1, 0.15) is 5.57 Å². The molecule has 1 heterocycles. The monoisotopic (exact) mass is 424 g/mol. The first-order chi connectivity index (χ1) is 14.9. The highest BCUT2D eigenvalue weighted by molar-refractivity contribution is 6.39. The van der Waals surface area contributed by atoms with Crippen LogP contribution in [0.15, 0.2) is 48.0 Å². The van der Waals surface area contributed by atoms with E-state index in [1.54, 1.807) is 25.1 Å². The number of carbonyl (C=O) groups excluding carboxylic acids is 4. The van der Waals surface area contributed by atoms with E-state index < -0.39 is 23.8 Å². The van der Waals surface area contributed by atoms with E-state index in [2.05, 4.69) is 5.32 Å². The van der Waals surface area contributed by atoms with E-state index in [9.17, 15) is 19.2 Å². The van der Waals surface area contributed by atoms with Crippen LogP contribution in [0.25, 0.3) is 6.08 Å². The van der Waals surface area contributed by atoms with E-state index in [1.807, 2.05) is 0 Å². The number of nitrogens with zero attached hydrogens (tertiary/aromatic N) is 1. The molecule has 2 aromatic rings. The van der Waals surface area contributed by atoms with Crippen molar-refractivity contribution in [2.45, 2.75) is 6.92 Å². The van der Waals surface area contributed by atoms with Gasteiger partial charge < -0.3 is 14.2 Å². The van der Waals surface area contributed by atoms with Gasteiger partial charge in [-0.2, -0.15) is 0 Å². The maximum atomic E-state index is 13.0. The van der Waals surface area contributed by atoms with Crippen molar-refractivity contribution in [3.8, 4) is 11.5 Å². The van der Waals surface area contributed by atoms with E-state index in [-0.39, 0.29) is 23.4 Å². The minimum atomic E-state index is -0.886. The van der Waals surface area contributed by atoms with Crippen molar-refractivity contribution in [3.63, 3.8) is 0 Å². The Morgan fingerprint density at radius 3 is 2.29 bits per heavy atom. The Balaban J connectivity index is 1.93. The summed E-state index contributed by atoms with van der Waals surface area (Å²) in [6.45, 7) is 1.91. The lowest BCUT2D eigenvalue weighted by atomic mass is 10.1. The molecular formula is C22H20N2O7. The molecule has 0 unspecified atom stereocenters. The van der Waals surface area contributed by atoms with Crippen molar-refractivity contribution < 1.29 is 33.4 Å². The van der Waals surface area contributed by atoms with Crippen LogP contribution in [0.4, 0.5) is 10.5 Å². The van der Waals surface area contributed by atoms with Crippen LogP contribution in [0.3, 0.4) is 0 Å². The molecule has 9 heteroatoms. The van der Waals surface area contributed by atoms with E-state index in [1.165, 1.54) is 44.6 Å². The second-order valence-electron chi connectivity index (χ2n) is 6.34. The predicted octanol–water partition coefficient (Wildman–Crippen LogP) is 2.55. The highest BCUT2D eigenvalue weighted by Gasteiger charge is 2.36. The molecule has 1 fully saturated rings. The fourth-order valence-corrected chi connectivity index (χ4v) is 2.96. The molecule has 1 aliphatic rings. The topological polar surface area (TPSA) is 111 Å². The molecule has 1 N–H and O–H groups in total. The fourth-order valence-electron chi connectivity index (χ4n) is 2.96. The number of benzene rings is 2. The average molecular weight is 424 g/mol. The molecule has 0 aromatic heterocycles. The number of carbonyl (C=O) groups is 4. The van der Waals surface area contributed by atoms with Crippen LogP contribution in [0.2, 0.25) is 0 Å². The van der Waals surface area contributed by atoms with Gasteiger partial charge >= 0.3 is 12.0 Å². The van der Waals surface area contributed by atoms with Crippen LogP contribution < -0.4 is 19.7 Å². The lowest BCUT2D eigenvalue weighted by Gasteiger charge is -2.26. The summed E-state index contributed by atoms with van der Waals surface area (Å²) in [5.74, 6) is -1.23. The third-order valence-corrected chi connectivity index (χ3v) is 4.46. The molecule has 0 bridgehead atoms. The molecule has 2 aromatic carbocycles. The summed E-state index contributed by atoms with van der Waals surface area (Å²) in [5.41, 5.74) is 0.735. The summed E-state index contributed by atoms with van der Waals surface area (Å²) in [4.78, 5) is 50.3. The number of hydrogen-bond donors (Lipinski definition) is 1. The third kappa shape index (κ3) is 4.40. The number of imide groups is 2. The van der Waals surface area contributed by atoms with Gasteiger partial charge in [0.2, 0.25) is 0 Å². The molecule has 3 rings (SSSR count). The molecule has 0 radical (unpaired) electrons. The Morgan fingerprint density at radius 2 is 1.68 bits per heavy atom. The number of nitrogens with one attached hydrogen (secondary N) is 1. The SMILES string of the molecule is CCOC(=O)c1ccc(N2C(=O)NC(=O)/C(=C\c3ccc(OC)c(OC)c3)C2=O)cc1. The first kappa shape index (κ1) is 21.6. The third-order valence-electron chi connectivity index (χ3n) is 4.46. The van der Waals surface area contributed by atoms with Crippen molar-refractivity contribution in [2.24, 2.45) is 0 Å². The van der Waals surface area contributed by atoms with Gasteiger partial charge in [-0.3, -0.25) is 14.9 Å². The lowest BCUT2D eigenvalue weighted by Crippen LogP contribution is -2.54. The first-order valence-electron chi connectivity index (χ1n) is 9.30. The molecule has 160 valence electrons. The van der Waals surface area contributed by atoms with E-state index in [0.717, 1.165) is 4.90 Å². The Hall–Kier alpha value is -4.14. The fraction of sp³-hybridized carbons (Fsp3) is 0.182. The zero-order valence-corrected chi connectivity index (χ0v) is 17.1. The molecule has 0 spiro atoms. The van der Waals surface area contributed by atoms with Gasteiger partial charge in [0.25, 0.3) is 11.8 Å². The standard InChI is InChI=1S/C22H20N2O7/c1-4-31-21(27)14-6-8-15(9-7-14)24-20(26)16(19(25)23-22(24)28)11-13-5-10-17(29-2)18(12-13)30-3/h5-12H,4H2,1-3H3,(H,23,25,28)/b16-11+. The van der Waals surface area contributed by atoms with Crippen LogP contribution in [0, 0.1) is 0 Å². The summed E-state index contributed by atoms with van der Waals surface area (Å²) in [5, 5.41) is 2.15. The van der Waals surface area contributed by atoms with Gasteiger partial charge in [-0.05, 0) is 55.0 Å². The zero-order chi connectivity index (χ0) is 22.5. The van der Waals surface area contributed by atoms with Gasteiger partial charge in [0.05, 0.1) is 32.1 Å². The minimum absolute atomic E-state index is 0.196. The van der Waals surface area contributed by atoms with Crippen molar-refractivity contribution in [1.82, 2.24) is 5.32 Å². The number of esters is 1. The van der Waals surface area contributed by atoms with Crippen molar-refractivity contribution >= 4 is 35.6 Å². The normalized spacial score (nSPS) is 15.0. The highest BCUT2D eigenvalue weighted by atomic mass is 16.5. The van der Waals surface area contributed by atoms with Gasteiger partial charge in [-0.15, -0.1) is 0 Å². The van der Waals surface area contributed by atoms with E-state index in [0.29, 0.717) is 17.1 Å². The number of methoxy groups -OCH3 is 2. The summed E-state index contributed by atoms with van der Waals surface area (Å²) in [6.07, 6.45) is 1.35. The molecule has 31 heavy (non-hydrogen) atoms. The maximum Gasteiger partial charge on any atom is 0.338 e. The Labute approximate surface area is 178 Å². The average Bonchev–Trinajstić information content (AvgIpc) is 2.77. The van der Waals surface area contributed by atoms with Crippen LogP contribution in [0.1, 0.15) is 22.8 Å². The zero-order valence-electron chi connectivity index (χ0n) is 17.1. The molecule has 4 amide bonds. The summed E-state index contributed by atoms with van der Waals surface area (Å²) < 4.78 is 15.3. The highest BCUT2D eigenvalue weighted by Crippen LogP contribution is 2.29. The van der Waals surface area contributed by atoms with Gasteiger partial charge in [-0.25, -0.2) is 14.5 Å². The Kier molecular flexibility index (Phi) is 6.35. The van der Waals surface area contributed by atoms with Gasteiger partial charge in [-0.1, -0.05) is 6.07 Å². The number of amides is 4. The molecular weight excluding hydrogens is 404 g/mol. The molecule has 0 aliphatic carbocycles. The minimum Gasteiger partial charge on any atom is -0.493 e. The number of barbiturate groups is 1. The quantitative estimate of drug-likeness (QED) is 0.431. The largest absolute Gasteiger partial charge is 0.493 e. The van der Waals surface area contributed by atoms with Crippen LogP contribution in [-0.2, 0) is 14.3 Å². The molecule has 9 nitrogen and oxygen atoms in total. The lowest BCUT2D eigenvalue weighted by molar-refractivity contribution is -0.122. The molecule has 0 saturated carbocycles. The molecule has 1 aliphatic heterocycles. The van der Waals surface area contributed by atoms with Crippen LogP contribution >= 0.6 is 0 Å². The Morgan fingerprint density at radius 1 is 1.00 bits per heavy atom. The summed E-state index contributed by atoms with van der Waals surface area (Å²) in [6, 6.07) is 9.70. The molecule has 0 atom stereocenters. The number of hydrogen-bond acceptors (Lipinski definition) is 7. The summed E-state index contributed by atoms with van der Waals surface area (Å²) in [7, 11) is 2.96. The van der Waals surface area contributed by atoms with Crippen LogP contribution in [-0.4, -0.2) is 44.6 Å². The van der Waals surface area contributed by atoms with Crippen molar-refractivity contribution in [2.75, 3.05) is 25.7 Å². The number of anilines is 1. The maximum absolute atomic E-state index is 13.0. The van der Waals surface area contributed by atoms with Crippen molar-refractivity contribution in [3.05, 3.63) is 59.2 Å². The second-order valence-corrected chi connectivity index (χ2v) is 6.34.